The standard InChI is InChI=1S/C27H30N2O6/c30-25(29-13-6-5-11-23(29)26(31)32)24-17(12-14-34-24)15-28-27(33)35-16-22-20-9-3-1-7-18(20)19-8-2-4-10-21(19)22/h1-4,7-10,17,22-24H,5-6,11-16H2,(H,28,33)(H,31,32)/t17-,23+,24-/m0/s1. The molecule has 2 heterocycles. The van der Waals surface area contributed by atoms with Crippen molar-refractivity contribution >= 4 is 18.0 Å². The average molecular weight is 479 g/mol. The van der Waals surface area contributed by atoms with Crippen molar-refractivity contribution in [2.45, 2.75) is 43.7 Å². The summed E-state index contributed by atoms with van der Waals surface area (Å²) < 4.78 is 11.3. The lowest BCUT2D eigenvalue weighted by Crippen LogP contribution is -2.53. The van der Waals surface area contributed by atoms with E-state index in [1.165, 1.54) is 16.0 Å². The predicted octanol–water partition coefficient (Wildman–Crippen LogP) is 3.40. The van der Waals surface area contributed by atoms with Crippen LogP contribution in [0.1, 0.15) is 42.7 Å². The van der Waals surface area contributed by atoms with Crippen LogP contribution >= 0.6 is 0 Å². The molecule has 2 fully saturated rings. The average Bonchev–Trinajstić information content (AvgIpc) is 3.48. The summed E-state index contributed by atoms with van der Waals surface area (Å²) in [6, 6.07) is 15.5. The van der Waals surface area contributed by atoms with Crippen LogP contribution in [0.15, 0.2) is 48.5 Å². The molecule has 0 radical (unpaired) electrons. The summed E-state index contributed by atoms with van der Waals surface area (Å²) in [5.74, 6) is -1.53. The summed E-state index contributed by atoms with van der Waals surface area (Å²) in [4.78, 5) is 38.7. The van der Waals surface area contributed by atoms with Crippen molar-refractivity contribution in [3.63, 3.8) is 0 Å². The highest BCUT2D eigenvalue weighted by molar-refractivity contribution is 5.87. The van der Waals surface area contributed by atoms with Gasteiger partial charge in [0.1, 0.15) is 18.8 Å². The molecule has 0 spiro atoms. The first-order chi connectivity index (χ1) is 17.0. The Morgan fingerprint density at radius 3 is 2.37 bits per heavy atom. The number of likely N-dealkylation sites (tertiary alicyclic amines) is 1. The summed E-state index contributed by atoms with van der Waals surface area (Å²) >= 11 is 0. The van der Waals surface area contributed by atoms with Crippen LogP contribution in [0, 0.1) is 5.92 Å². The maximum atomic E-state index is 13.1. The Labute approximate surface area is 204 Å². The summed E-state index contributed by atoms with van der Waals surface area (Å²) in [6.07, 6.45) is 1.36. The number of fused-ring (bicyclic) bond motifs is 3. The van der Waals surface area contributed by atoms with E-state index in [1.807, 2.05) is 24.3 Å². The van der Waals surface area contributed by atoms with E-state index < -0.39 is 24.2 Å². The zero-order chi connectivity index (χ0) is 24.4. The van der Waals surface area contributed by atoms with E-state index >= 15 is 0 Å². The van der Waals surface area contributed by atoms with E-state index in [4.69, 9.17) is 9.47 Å². The monoisotopic (exact) mass is 478 g/mol. The lowest BCUT2D eigenvalue weighted by Gasteiger charge is -2.35. The third kappa shape index (κ3) is 4.62. The van der Waals surface area contributed by atoms with Gasteiger partial charge in [-0.15, -0.1) is 0 Å². The number of carboxylic acids is 1. The molecule has 2 aromatic carbocycles. The largest absolute Gasteiger partial charge is 0.480 e. The van der Waals surface area contributed by atoms with E-state index in [0.717, 1.165) is 24.0 Å². The third-order valence-corrected chi connectivity index (χ3v) is 7.38. The maximum Gasteiger partial charge on any atom is 0.407 e. The second kappa shape index (κ2) is 10.1. The van der Waals surface area contributed by atoms with Gasteiger partial charge in [-0.05, 0) is 47.9 Å². The zero-order valence-electron chi connectivity index (χ0n) is 19.5. The van der Waals surface area contributed by atoms with Crippen LogP contribution in [0.5, 0.6) is 0 Å². The number of carboxylic acid groups (broad SMARTS) is 1. The highest BCUT2D eigenvalue weighted by Crippen LogP contribution is 2.44. The first-order valence-corrected chi connectivity index (χ1v) is 12.3. The number of ether oxygens (including phenoxy) is 2. The highest BCUT2D eigenvalue weighted by atomic mass is 16.5. The van der Waals surface area contributed by atoms with E-state index in [-0.39, 0.29) is 30.9 Å². The molecule has 35 heavy (non-hydrogen) atoms. The van der Waals surface area contributed by atoms with Crippen LogP contribution < -0.4 is 5.32 Å². The van der Waals surface area contributed by atoms with E-state index in [2.05, 4.69) is 29.6 Å². The smallest absolute Gasteiger partial charge is 0.407 e. The zero-order valence-corrected chi connectivity index (χ0v) is 19.5. The van der Waals surface area contributed by atoms with Crippen molar-refractivity contribution in [1.82, 2.24) is 10.2 Å². The topological polar surface area (TPSA) is 105 Å². The van der Waals surface area contributed by atoms with Gasteiger partial charge in [-0.1, -0.05) is 48.5 Å². The quantitative estimate of drug-likeness (QED) is 0.659. The first-order valence-electron chi connectivity index (χ1n) is 12.3. The van der Waals surface area contributed by atoms with E-state index in [9.17, 15) is 19.5 Å². The lowest BCUT2D eigenvalue weighted by atomic mass is 9.96. The van der Waals surface area contributed by atoms with Crippen LogP contribution in [0.3, 0.4) is 0 Å². The van der Waals surface area contributed by atoms with Crippen LogP contribution in [0.4, 0.5) is 4.79 Å². The molecule has 184 valence electrons. The van der Waals surface area contributed by atoms with Gasteiger partial charge in [0.2, 0.25) is 0 Å². The van der Waals surface area contributed by atoms with Gasteiger partial charge in [0.05, 0.1) is 0 Å². The van der Waals surface area contributed by atoms with Crippen molar-refractivity contribution in [3.05, 3.63) is 59.7 Å². The molecular formula is C27H30N2O6. The van der Waals surface area contributed by atoms with Crippen molar-refractivity contribution in [2.75, 3.05) is 26.3 Å². The highest BCUT2D eigenvalue weighted by Gasteiger charge is 2.41. The molecule has 8 heteroatoms. The molecule has 0 unspecified atom stereocenters. The minimum absolute atomic E-state index is 0.0238. The molecule has 3 atom stereocenters. The molecule has 3 aliphatic rings. The van der Waals surface area contributed by atoms with Gasteiger partial charge >= 0.3 is 12.1 Å². The molecule has 0 bridgehead atoms. The van der Waals surface area contributed by atoms with Crippen LogP contribution in [-0.2, 0) is 19.1 Å². The number of nitrogens with one attached hydrogen (secondary N) is 1. The molecule has 2 aliphatic heterocycles. The number of hydrogen-bond donors (Lipinski definition) is 2. The Morgan fingerprint density at radius 2 is 1.69 bits per heavy atom. The van der Waals surface area contributed by atoms with Crippen molar-refractivity contribution in [1.29, 1.82) is 0 Å². The fourth-order valence-corrected chi connectivity index (χ4v) is 5.60. The van der Waals surface area contributed by atoms with Crippen LogP contribution in [0.25, 0.3) is 11.1 Å². The Bertz CT molecular complexity index is 1070. The number of rotatable bonds is 6. The molecule has 1 aliphatic carbocycles. The molecule has 0 aromatic heterocycles. The summed E-state index contributed by atoms with van der Waals surface area (Å²) in [5, 5.41) is 12.3. The predicted molar refractivity (Wildman–Crippen MR) is 128 cm³/mol. The fraction of sp³-hybridized carbons (Fsp3) is 0.444. The Balaban J connectivity index is 1.17. The SMILES string of the molecule is O=C(NC[C@@H]1CCO[C@@H]1C(=O)N1CCCC[C@@H]1C(=O)O)OCC1c2ccccc2-c2ccccc21. The summed E-state index contributed by atoms with van der Waals surface area (Å²) in [6.45, 7) is 1.28. The van der Waals surface area contributed by atoms with E-state index in [0.29, 0.717) is 26.0 Å². The molecule has 5 rings (SSSR count). The maximum absolute atomic E-state index is 13.1. The van der Waals surface area contributed by atoms with Gasteiger partial charge in [-0.25, -0.2) is 9.59 Å². The molecule has 2 aromatic rings. The minimum Gasteiger partial charge on any atom is -0.480 e. The molecular weight excluding hydrogens is 448 g/mol. The minimum atomic E-state index is -0.982. The molecule has 2 N–H and O–H groups in total. The third-order valence-electron chi connectivity index (χ3n) is 7.38. The van der Waals surface area contributed by atoms with Gasteiger partial charge in [0.25, 0.3) is 5.91 Å². The van der Waals surface area contributed by atoms with Crippen LogP contribution in [0.2, 0.25) is 0 Å². The lowest BCUT2D eigenvalue weighted by molar-refractivity contribution is -0.157. The Kier molecular flexibility index (Phi) is 6.72. The number of nitrogens with zero attached hydrogens (tertiary/aromatic N) is 1. The van der Waals surface area contributed by atoms with Gasteiger partial charge in [-0.3, -0.25) is 4.79 Å². The number of piperidine rings is 1. The Morgan fingerprint density at radius 1 is 1.00 bits per heavy atom. The first kappa shape index (κ1) is 23.4. The van der Waals surface area contributed by atoms with Gasteiger partial charge in [-0.2, -0.15) is 0 Å². The van der Waals surface area contributed by atoms with Gasteiger partial charge in [0, 0.05) is 31.5 Å². The number of hydrogen-bond acceptors (Lipinski definition) is 5. The summed E-state index contributed by atoms with van der Waals surface area (Å²) in [5.41, 5.74) is 4.62. The number of carbonyl (C=O) groups excluding carboxylic acids is 2. The number of benzene rings is 2. The van der Waals surface area contributed by atoms with Crippen molar-refractivity contribution < 1.29 is 29.0 Å². The number of alkyl carbamates (subject to hydrolysis) is 1. The fourth-order valence-electron chi connectivity index (χ4n) is 5.60. The normalized spacial score (nSPS) is 23.4. The van der Waals surface area contributed by atoms with Gasteiger partial charge in [0.15, 0.2) is 0 Å². The number of amides is 2. The number of aliphatic carboxylic acids is 1. The second-order valence-electron chi connectivity index (χ2n) is 9.43. The molecule has 0 saturated carbocycles. The van der Waals surface area contributed by atoms with E-state index in [1.54, 1.807) is 0 Å². The van der Waals surface area contributed by atoms with Gasteiger partial charge < -0.3 is 24.8 Å². The molecule has 2 amide bonds. The van der Waals surface area contributed by atoms with Crippen LogP contribution in [-0.4, -0.2) is 66.4 Å². The number of carbonyl (C=O) groups is 3. The Hall–Kier alpha value is -3.39. The van der Waals surface area contributed by atoms with Crippen molar-refractivity contribution in [2.24, 2.45) is 5.92 Å². The molecule has 2 saturated heterocycles. The van der Waals surface area contributed by atoms with Crippen molar-refractivity contribution in [3.8, 4) is 11.1 Å². The molecule has 8 nitrogen and oxygen atoms in total. The summed E-state index contributed by atoms with van der Waals surface area (Å²) in [7, 11) is 0. The second-order valence-corrected chi connectivity index (χ2v) is 9.43.